The summed E-state index contributed by atoms with van der Waals surface area (Å²) in [5, 5.41) is 13.7. The number of rotatable bonds is 2. The van der Waals surface area contributed by atoms with Crippen LogP contribution in [0.25, 0.3) is 0 Å². The van der Waals surface area contributed by atoms with Crippen LogP contribution in [0.15, 0.2) is 35.2 Å². The van der Waals surface area contributed by atoms with Crippen molar-refractivity contribution >= 4 is 17.9 Å². The molecule has 4 heteroatoms. The number of carbonyl (C=O) groups is 1. The molecule has 1 aliphatic carbocycles. The second-order valence-corrected chi connectivity index (χ2v) is 5.22. The van der Waals surface area contributed by atoms with E-state index in [2.05, 4.69) is 0 Å². The Morgan fingerprint density at radius 3 is 2.12 bits per heavy atom. The standard InChI is InChI=1S/C6H7NS.C6H10O2/c7-8-6-4-2-1-3-5-6;1-6(2)3-4(6)5(7)8/h1-5H,7H2;4H,3H2,1-2H3,(H,7,8). The van der Waals surface area contributed by atoms with Gasteiger partial charge in [0.05, 0.1) is 5.92 Å². The van der Waals surface area contributed by atoms with Crippen LogP contribution in [0.2, 0.25) is 0 Å². The summed E-state index contributed by atoms with van der Waals surface area (Å²) >= 11 is 1.27. The molecule has 0 radical (unpaired) electrons. The van der Waals surface area contributed by atoms with Crippen LogP contribution < -0.4 is 5.14 Å². The highest BCUT2D eigenvalue weighted by atomic mass is 32.2. The van der Waals surface area contributed by atoms with E-state index in [0.717, 1.165) is 11.3 Å². The van der Waals surface area contributed by atoms with Crippen molar-refractivity contribution < 1.29 is 9.90 Å². The molecule has 3 N–H and O–H groups in total. The van der Waals surface area contributed by atoms with Gasteiger partial charge in [-0.3, -0.25) is 9.93 Å². The van der Waals surface area contributed by atoms with Gasteiger partial charge in [0.25, 0.3) is 0 Å². The number of carboxylic acids is 1. The SMILES string of the molecule is CC1(C)CC1C(=O)O.NSc1ccccc1. The van der Waals surface area contributed by atoms with Crippen LogP contribution in [0, 0.1) is 11.3 Å². The molecule has 0 aromatic heterocycles. The third-order valence-corrected chi connectivity index (χ3v) is 3.24. The van der Waals surface area contributed by atoms with Gasteiger partial charge >= 0.3 is 5.97 Å². The van der Waals surface area contributed by atoms with Crippen molar-refractivity contribution in [3.05, 3.63) is 30.3 Å². The molecule has 88 valence electrons. The zero-order valence-electron chi connectivity index (χ0n) is 9.51. The van der Waals surface area contributed by atoms with Crippen molar-refractivity contribution in [2.45, 2.75) is 25.2 Å². The van der Waals surface area contributed by atoms with Gasteiger partial charge in [-0.05, 0) is 35.9 Å². The first-order chi connectivity index (χ1) is 7.47. The van der Waals surface area contributed by atoms with Gasteiger partial charge < -0.3 is 5.11 Å². The molecule has 2 rings (SSSR count). The lowest BCUT2D eigenvalue weighted by atomic mass is 10.1. The summed E-state index contributed by atoms with van der Waals surface area (Å²) in [6, 6.07) is 9.86. The Morgan fingerprint density at radius 1 is 1.44 bits per heavy atom. The van der Waals surface area contributed by atoms with E-state index in [1.54, 1.807) is 0 Å². The van der Waals surface area contributed by atoms with E-state index in [-0.39, 0.29) is 11.3 Å². The topological polar surface area (TPSA) is 63.3 Å². The maximum Gasteiger partial charge on any atom is 0.307 e. The van der Waals surface area contributed by atoms with E-state index >= 15 is 0 Å². The predicted octanol–water partition coefficient (Wildman–Crippen LogP) is 2.77. The fourth-order valence-corrected chi connectivity index (χ4v) is 1.70. The summed E-state index contributed by atoms with van der Waals surface area (Å²) in [5.41, 5.74) is 0.0891. The highest BCUT2D eigenvalue weighted by Crippen LogP contribution is 2.51. The number of aliphatic carboxylic acids is 1. The quantitative estimate of drug-likeness (QED) is 0.779. The summed E-state index contributed by atoms with van der Waals surface area (Å²) in [7, 11) is 0. The molecule has 1 atom stereocenters. The van der Waals surface area contributed by atoms with Gasteiger partial charge in [-0.25, -0.2) is 0 Å². The maximum atomic E-state index is 10.2. The van der Waals surface area contributed by atoms with Gasteiger partial charge in [0.1, 0.15) is 0 Å². The summed E-state index contributed by atoms with van der Waals surface area (Å²) in [6.07, 6.45) is 0.850. The van der Waals surface area contributed by atoms with Crippen LogP contribution in [0.1, 0.15) is 20.3 Å². The predicted molar refractivity (Wildman–Crippen MR) is 66.0 cm³/mol. The molecule has 1 aromatic rings. The van der Waals surface area contributed by atoms with Gasteiger partial charge in [0.15, 0.2) is 0 Å². The average Bonchev–Trinajstić information content (AvgIpc) is 2.90. The first kappa shape index (κ1) is 13.1. The van der Waals surface area contributed by atoms with Gasteiger partial charge in [0.2, 0.25) is 0 Å². The monoisotopic (exact) mass is 239 g/mol. The number of carboxylic acid groups (broad SMARTS) is 1. The summed E-state index contributed by atoms with van der Waals surface area (Å²) < 4.78 is 0. The molecule has 1 fully saturated rings. The van der Waals surface area contributed by atoms with Crippen LogP contribution in [0.3, 0.4) is 0 Å². The van der Waals surface area contributed by atoms with Crippen molar-refractivity contribution in [3.8, 4) is 0 Å². The molecule has 0 amide bonds. The highest BCUT2D eigenvalue weighted by molar-refractivity contribution is 7.97. The van der Waals surface area contributed by atoms with E-state index < -0.39 is 5.97 Å². The highest BCUT2D eigenvalue weighted by Gasteiger charge is 2.50. The number of nitrogens with two attached hydrogens (primary N) is 1. The molecule has 1 unspecified atom stereocenters. The van der Waals surface area contributed by atoms with Gasteiger partial charge in [0, 0.05) is 4.90 Å². The molecule has 0 aliphatic heterocycles. The minimum atomic E-state index is -0.644. The summed E-state index contributed by atoms with van der Waals surface area (Å²) in [6.45, 7) is 3.96. The van der Waals surface area contributed by atoms with Crippen molar-refractivity contribution in [1.82, 2.24) is 0 Å². The van der Waals surface area contributed by atoms with Crippen molar-refractivity contribution in [2.24, 2.45) is 16.5 Å². The lowest BCUT2D eigenvalue weighted by Gasteiger charge is -1.94. The molecule has 0 spiro atoms. The normalized spacial score (nSPS) is 20.6. The lowest BCUT2D eigenvalue weighted by Crippen LogP contribution is -2.02. The minimum absolute atomic E-state index is 0.0671. The van der Waals surface area contributed by atoms with Gasteiger partial charge in [-0.15, -0.1) is 0 Å². The Hall–Kier alpha value is -1.00. The Labute approximate surface area is 100 Å². The summed E-state index contributed by atoms with van der Waals surface area (Å²) in [4.78, 5) is 11.3. The molecular weight excluding hydrogens is 222 g/mol. The first-order valence-corrected chi connectivity index (χ1v) is 6.00. The van der Waals surface area contributed by atoms with E-state index in [9.17, 15) is 4.79 Å². The smallest absolute Gasteiger partial charge is 0.307 e. The lowest BCUT2D eigenvalue weighted by molar-refractivity contribution is -0.139. The van der Waals surface area contributed by atoms with E-state index in [1.165, 1.54) is 11.9 Å². The van der Waals surface area contributed by atoms with E-state index in [1.807, 2.05) is 44.2 Å². The largest absolute Gasteiger partial charge is 0.481 e. The van der Waals surface area contributed by atoms with Crippen LogP contribution in [0.4, 0.5) is 0 Å². The van der Waals surface area contributed by atoms with Gasteiger partial charge in [-0.2, -0.15) is 0 Å². The Balaban J connectivity index is 0.000000160. The van der Waals surface area contributed by atoms with Crippen LogP contribution in [0.5, 0.6) is 0 Å². The third-order valence-electron chi connectivity index (χ3n) is 2.69. The van der Waals surface area contributed by atoms with Crippen molar-refractivity contribution in [2.75, 3.05) is 0 Å². The van der Waals surface area contributed by atoms with Crippen LogP contribution in [-0.2, 0) is 4.79 Å². The fraction of sp³-hybridized carbons (Fsp3) is 0.417. The second-order valence-electron chi connectivity index (χ2n) is 4.51. The molecule has 3 nitrogen and oxygen atoms in total. The molecule has 0 heterocycles. The minimum Gasteiger partial charge on any atom is -0.481 e. The third kappa shape index (κ3) is 3.87. The van der Waals surface area contributed by atoms with Crippen molar-refractivity contribution in [1.29, 1.82) is 0 Å². The summed E-state index contributed by atoms with van der Waals surface area (Å²) in [5.74, 6) is -0.711. The Bertz CT molecular complexity index is 351. The molecule has 1 saturated carbocycles. The Kier molecular flexibility index (Phi) is 4.38. The Morgan fingerprint density at radius 2 is 1.94 bits per heavy atom. The molecule has 0 bridgehead atoms. The maximum absolute atomic E-state index is 10.2. The van der Waals surface area contributed by atoms with Crippen LogP contribution in [-0.4, -0.2) is 11.1 Å². The molecule has 1 aliphatic rings. The zero-order chi connectivity index (χ0) is 12.2. The molecule has 16 heavy (non-hydrogen) atoms. The van der Waals surface area contributed by atoms with Crippen molar-refractivity contribution in [3.63, 3.8) is 0 Å². The zero-order valence-corrected chi connectivity index (χ0v) is 10.3. The molecular formula is C12H17NO2S. The first-order valence-electron chi connectivity index (χ1n) is 5.12. The second kappa shape index (κ2) is 5.37. The fourth-order valence-electron chi connectivity index (χ4n) is 1.39. The molecule has 0 saturated heterocycles. The number of hydrogen-bond donors (Lipinski definition) is 2. The number of hydrogen-bond acceptors (Lipinski definition) is 3. The van der Waals surface area contributed by atoms with E-state index in [4.69, 9.17) is 10.2 Å². The molecule has 1 aromatic carbocycles. The number of benzene rings is 1. The average molecular weight is 239 g/mol. The van der Waals surface area contributed by atoms with E-state index in [0.29, 0.717) is 0 Å². The van der Waals surface area contributed by atoms with Gasteiger partial charge in [-0.1, -0.05) is 32.0 Å². The van der Waals surface area contributed by atoms with Crippen LogP contribution >= 0.6 is 11.9 Å².